The van der Waals surface area contributed by atoms with E-state index in [0.29, 0.717) is 43.4 Å². The van der Waals surface area contributed by atoms with Crippen molar-refractivity contribution < 1.29 is 8.42 Å². The van der Waals surface area contributed by atoms with E-state index < -0.39 is 10.0 Å². The Hall–Kier alpha value is -3.01. The van der Waals surface area contributed by atoms with Crippen LogP contribution in [0.15, 0.2) is 39.8 Å². The summed E-state index contributed by atoms with van der Waals surface area (Å²) in [5.41, 5.74) is 1.49. The molecule has 0 atom stereocenters. The van der Waals surface area contributed by atoms with E-state index in [1.165, 1.54) is 0 Å². The molecular weight excluding hydrogens is 378 g/mol. The number of anilines is 1. The topological polar surface area (TPSA) is 96.6 Å². The van der Waals surface area contributed by atoms with Crippen molar-refractivity contribution in [1.82, 2.24) is 24.6 Å². The monoisotopic (exact) mass is 397 g/mol. The van der Waals surface area contributed by atoms with E-state index in [2.05, 4.69) is 24.4 Å². The molecule has 0 spiro atoms. The average Bonchev–Trinajstić information content (AvgIpc) is 3.19. The minimum Gasteiger partial charge on any atom is -0.352 e. The van der Waals surface area contributed by atoms with E-state index in [1.54, 1.807) is 23.0 Å². The van der Waals surface area contributed by atoms with Crippen molar-refractivity contribution in [1.29, 1.82) is 0 Å². The van der Waals surface area contributed by atoms with Gasteiger partial charge in [-0.05, 0) is 19.1 Å². The first-order valence-corrected chi connectivity index (χ1v) is 10.5. The van der Waals surface area contributed by atoms with Gasteiger partial charge >= 0.3 is 0 Å². The fraction of sp³-hybridized carbons (Fsp3) is 0.333. The molecule has 1 aromatic carbocycles. The van der Waals surface area contributed by atoms with E-state index in [1.807, 2.05) is 31.0 Å². The van der Waals surface area contributed by atoms with Crippen LogP contribution in [0.4, 0.5) is 5.82 Å². The lowest BCUT2D eigenvalue weighted by Crippen LogP contribution is -2.49. The second kappa shape index (κ2) is 5.99. The largest absolute Gasteiger partial charge is 0.352 e. The fourth-order valence-electron chi connectivity index (χ4n) is 3.80. The van der Waals surface area contributed by atoms with Gasteiger partial charge in [-0.3, -0.25) is 4.68 Å². The normalized spacial score (nSPS) is 18.4. The standard InChI is InChI=1S/C18H19N7O2S/c1-12-20-16-14(11-19-23(16)2)17(21-12)24-7-9-25(10-8-24)18-13-5-3-4-6-15(13)28(26,27)22-18/h3-6,11H,7-10H2,1-2H3. The summed E-state index contributed by atoms with van der Waals surface area (Å²) in [4.78, 5) is 13.6. The van der Waals surface area contributed by atoms with Crippen molar-refractivity contribution in [3.63, 3.8) is 0 Å². The molecule has 0 bridgehead atoms. The molecule has 5 rings (SSSR count). The molecule has 0 unspecified atom stereocenters. The van der Waals surface area contributed by atoms with Gasteiger partial charge in [0.1, 0.15) is 16.5 Å². The molecule has 0 saturated carbocycles. The Bertz CT molecular complexity index is 1220. The highest BCUT2D eigenvalue weighted by Crippen LogP contribution is 2.29. The summed E-state index contributed by atoms with van der Waals surface area (Å²) in [5.74, 6) is 2.12. The van der Waals surface area contributed by atoms with E-state index in [4.69, 9.17) is 0 Å². The number of amidine groups is 1. The maximum Gasteiger partial charge on any atom is 0.285 e. The molecular formula is C18H19N7O2S. The smallest absolute Gasteiger partial charge is 0.285 e. The number of fused-ring (bicyclic) bond motifs is 2. The Morgan fingerprint density at radius 3 is 2.50 bits per heavy atom. The van der Waals surface area contributed by atoms with Crippen molar-refractivity contribution in [2.75, 3.05) is 31.1 Å². The van der Waals surface area contributed by atoms with Crippen molar-refractivity contribution in [2.45, 2.75) is 11.8 Å². The Balaban J connectivity index is 1.43. The second-order valence-corrected chi connectivity index (χ2v) is 8.53. The first-order chi connectivity index (χ1) is 13.4. The van der Waals surface area contributed by atoms with Crippen LogP contribution >= 0.6 is 0 Å². The lowest BCUT2D eigenvalue weighted by Gasteiger charge is -2.36. The van der Waals surface area contributed by atoms with Gasteiger partial charge in [-0.2, -0.15) is 13.5 Å². The number of piperazine rings is 1. The molecule has 144 valence electrons. The molecule has 0 radical (unpaired) electrons. The van der Waals surface area contributed by atoms with Gasteiger partial charge in [-0.15, -0.1) is 4.40 Å². The first kappa shape index (κ1) is 17.1. The fourth-order valence-corrected chi connectivity index (χ4v) is 5.03. The van der Waals surface area contributed by atoms with Gasteiger partial charge in [0.2, 0.25) is 0 Å². The quantitative estimate of drug-likeness (QED) is 0.603. The Morgan fingerprint density at radius 2 is 1.71 bits per heavy atom. The molecule has 28 heavy (non-hydrogen) atoms. The van der Waals surface area contributed by atoms with Crippen molar-refractivity contribution in [3.8, 4) is 0 Å². The lowest BCUT2D eigenvalue weighted by atomic mass is 10.1. The number of hydrogen-bond donors (Lipinski definition) is 0. The first-order valence-electron chi connectivity index (χ1n) is 9.05. The molecule has 9 nitrogen and oxygen atoms in total. The third kappa shape index (κ3) is 2.55. The van der Waals surface area contributed by atoms with E-state index in [0.717, 1.165) is 16.9 Å². The number of nitrogens with zero attached hydrogens (tertiary/aromatic N) is 7. The molecule has 2 aliphatic rings. The van der Waals surface area contributed by atoms with Crippen LogP contribution in [-0.4, -0.2) is 65.1 Å². The van der Waals surface area contributed by atoms with Crippen LogP contribution in [0.3, 0.4) is 0 Å². The van der Waals surface area contributed by atoms with Crippen LogP contribution in [0, 0.1) is 6.92 Å². The van der Waals surface area contributed by atoms with Gasteiger partial charge in [-0.1, -0.05) is 12.1 Å². The zero-order valence-electron chi connectivity index (χ0n) is 15.6. The van der Waals surface area contributed by atoms with E-state index in [9.17, 15) is 8.42 Å². The molecule has 0 amide bonds. The molecule has 1 fully saturated rings. The molecule has 0 N–H and O–H groups in total. The lowest BCUT2D eigenvalue weighted by molar-refractivity contribution is 0.386. The molecule has 2 aromatic heterocycles. The highest BCUT2D eigenvalue weighted by molar-refractivity contribution is 7.90. The summed E-state index contributed by atoms with van der Waals surface area (Å²) in [7, 11) is -1.73. The van der Waals surface area contributed by atoms with Crippen LogP contribution < -0.4 is 4.90 Å². The van der Waals surface area contributed by atoms with Crippen LogP contribution in [0.25, 0.3) is 11.0 Å². The van der Waals surface area contributed by atoms with Crippen LogP contribution in [-0.2, 0) is 17.1 Å². The minimum atomic E-state index is -3.60. The summed E-state index contributed by atoms with van der Waals surface area (Å²) >= 11 is 0. The zero-order chi connectivity index (χ0) is 19.5. The van der Waals surface area contributed by atoms with Crippen LogP contribution in [0.2, 0.25) is 0 Å². The van der Waals surface area contributed by atoms with Crippen LogP contribution in [0.1, 0.15) is 11.4 Å². The number of benzene rings is 1. The molecule has 1 saturated heterocycles. The van der Waals surface area contributed by atoms with E-state index >= 15 is 0 Å². The predicted octanol–water partition coefficient (Wildman–Crippen LogP) is 0.943. The molecule has 2 aliphatic heterocycles. The number of sulfonamides is 1. The summed E-state index contributed by atoms with van der Waals surface area (Å²) < 4.78 is 30.4. The number of aromatic nitrogens is 4. The highest BCUT2D eigenvalue weighted by atomic mass is 32.2. The minimum absolute atomic E-state index is 0.288. The number of aryl methyl sites for hydroxylation is 2. The molecule has 10 heteroatoms. The molecule has 4 heterocycles. The average molecular weight is 397 g/mol. The van der Waals surface area contributed by atoms with Gasteiger partial charge < -0.3 is 9.80 Å². The molecule has 3 aromatic rings. The molecule has 0 aliphatic carbocycles. The Labute approximate surface area is 162 Å². The summed E-state index contributed by atoms with van der Waals surface area (Å²) in [6.45, 7) is 4.62. The van der Waals surface area contributed by atoms with Gasteiger partial charge in [-0.25, -0.2) is 9.97 Å². The number of rotatable bonds is 1. The maximum absolute atomic E-state index is 12.3. The van der Waals surface area contributed by atoms with Crippen LogP contribution in [0.5, 0.6) is 0 Å². The predicted molar refractivity (Wildman–Crippen MR) is 105 cm³/mol. The van der Waals surface area contributed by atoms with Gasteiger partial charge in [0.15, 0.2) is 11.5 Å². The third-order valence-corrected chi connectivity index (χ3v) is 6.50. The van der Waals surface area contributed by atoms with Crippen molar-refractivity contribution in [2.24, 2.45) is 11.4 Å². The summed E-state index contributed by atoms with van der Waals surface area (Å²) in [5, 5.41) is 5.23. The highest BCUT2D eigenvalue weighted by Gasteiger charge is 2.33. The van der Waals surface area contributed by atoms with Crippen molar-refractivity contribution >= 4 is 32.7 Å². The van der Waals surface area contributed by atoms with Gasteiger partial charge in [0.25, 0.3) is 10.0 Å². The SMILES string of the molecule is Cc1nc(N2CCN(C3=NS(=O)(=O)c4ccccc43)CC2)c2cnn(C)c2n1. The Morgan fingerprint density at radius 1 is 1.00 bits per heavy atom. The summed E-state index contributed by atoms with van der Waals surface area (Å²) in [6.07, 6.45) is 1.79. The number of hydrogen-bond acceptors (Lipinski definition) is 7. The summed E-state index contributed by atoms with van der Waals surface area (Å²) in [6, 6.07) is 7.00. The van der Waals surface area contributed by atoms with Gasteiger partial charge in [0.05, 0.1) is 11.6 Å². The second-order valence-electron chi connectivity index (χ2n) is 6.96. The Kier molecular flexibility index (Phi) is 3.66. The van der Waals surface area contributed by atoms with Crippen molar-refractivity contribution in [3.05, 3.63) is 41.9 Å². The third-order valence-electron chi connectivity index (χ3n) is 5.18. The van der Waals surface area contributed by atoms with Gasteiger partial charge in [0, 0.05) is 38.8 Å². The zero-order valence-corrected chi connectivity index (χ0v) is 16.4. The maximum atomic E-state index is 12.3. The van der Waals surface area contributed by atoms with E-state index in [-0.39, 0.29) is 4.90 Å².